The van der Waals surface area contributed by atoms with Crippen LogP contribution in [0.3, 0.4) is 0 Å². The highest BCUT2D eigenvalue weighted by Gasteiger charge is 2.24. The average molecular weight is 216 g/mol. The van der Waals surface area contributed by atoms with Crippen LogP contribution in [0.15, 0.2) is 0 Å². The van der Waals surface area contributed by atoms with Crippen LogP contribution in [-0.4, -0.2) is 30.7 Å². The molecule has 0 aromatic carbocycles. The van der Waals surface area contributed by atoms with Crippen molar-refractivity contribution in [1.29, 1.82) is 0 Å². The van der Waals surface area contributed by atoms with E-state index < -0.39 is 0 Å². The molecule has 0 radical (unpaired) electrons. The Kier molecular flexibility index (Phi) is 7.34. The summed E-state index contributed by atoms with van der Waals surface area (Å²) in [6.45, 7) is 5.97. The molecule has 0 aromatic heterocycles. The molecule has 0 saturated carbocycles. The molecule has 0 atom stereocenters. The monoisotopic (exact) mass is 216 g/mol. The number of amides is 1. The second-order valence-corrected chi connectivity index (χ2v) is 4.11. The topological polar surface area (TPSA) is 75.3 Å². The van der Waals surface area contributed by atoms with Crippen molar-refractivity contribution in [1.82, 2.24) is 5.32 Å². The molecule has 0 aromatic rings. The van der Waals surface area contributed by atoms with Crippen LogP contribution in [0.2, 0.25) is 0 Å². The van der Waals surface area contributed by atoms with E-state index in [1.165, 1.54) is 0 Å². The van der Waals surface area contributed by atoms with Crippen molar-refractivity contribution in [3.63, 3.8) is 0 Å². The van der Waals surface area contributed by atoms with Gasteiger partial charge in [0.2, 0.25) is 5.91 Å². The van der Waals surface area contributed by atoms with Crippen molar-refractivity contribution >= 4 is 5.91 Å². The maximum absolute atomic E-state index is 10.5. The number of primary amides is 1. The van der Waals surface area contributed by atoms with E-state index in [-0.39, 0.29) is 17.9 Å². The summed E-state index contributed by atoms with van der Waals surface area (Å²) in [6, 6.07) is 0. The van der Waals surface area contributed by atoms with Crippen LogP contribution in [0, 0.1) is 5.41 Å². The number of aliphatic hydroxyl groups is 1. The summed E-state index contributed by atoms with van der Waals surface area (Å²) in [5, 5.41) is 12.6. The van der Waals surface area contributed by atoms with Crippen molar-refractivity contribution in [2.45, 2.75) is 39.5 Å². The third kappa shape index (κ3) is 5.74. The van der Waals surface area contributed by atoms with Gasteiger partial charge in [-0.25, -0.2) is 0 Å². The van der Waals surface area contributed by atoms with Crippen LogP contribution in [-0.2, 0) is 4.79 Å². The third-order valence-corrected chi connectivity index (χ3v) is 3.11. The average Bonchev–Trinajstić information content (AvgIpc) is 2.24. The molecule has 15 heavy (non-hydrogen) atoms. The number of hydrogen-bond acceptors (Lipinski definition) is 3. The van der Waals surface area contributed by atoms with Crippen molar-refractivity contribution in [2.24, 2.45) is 11.1 Å². The Morgan fingerprint density at radius 2 is 2.00 bits per heavy atom. The van der Waals surface area contributed by atoms with Crippen LogP contribution >= 0.6 is 0 Å². The van der Waals surface area contributed by atoms with E-state index in [9.17, 15) is 9.90 Å². The predicted molar refractivity (Wildman–Crippen MR) is 61.4 cm³/mol. The SMILES string of the molecule is CCC(CC)(CO)CNCCCC(N)=O. The van der Waals surface area contributed by atoms with E-state index in [0.29, 0.717) is 6.42 Å². The zero-order chi connectivity index (χ0) is 11.7. The number of aliphatic hydroxyl groups excluding tert-OH is 1. The first-order valence-corrected chi connectivity index (χ1v) is 5.70. The smallest absolute Gasteiger partial charge is 0.217 e. The number of nitrogens with two attached hydrogens (primary N) is 1. The molecule has 0 aliphatic rings. The summed E-state index contributed by atoms with van der Waals surface area (Å²) in [5.41, 5.74) is 5.03. The van der Waals surface area contributed by atoms with Gasteiger partial charge < -0.3 is 16.2 Å². The van der Waals surface area contributed by atoms with E-state index in [1.54, 1.807) is 0 Å². The maximum Gasteiger partial charge on any atom is 0.217 e. The lowest BCUT2D eigenvalue weighted by Crippen LogP contribution is -2.37. The molecule has 0 spiro atoms. The standard InChI is InChI=1S/C11H24N2O2/c1-3-11(4-2,9-14)8-13-7-5-6-10(12)15/h13-14H,3-9H2,1-2H3,(H2,12,15). The molecule has 4 N–H and O–H groups in total. The van der Waals surface area contributed by atoms with Gasteiger partial charge in [0.15, 0.2) is 0 Å². The van der Waals surface area contributed by atoms with Gasteiger partial charge in [-0.2, -0.15) is 0 Å². The lowest BCUT2D eigenvalue weighted by molar-refractivity contribution is -0.118. The minimum atomic E-state index is -0.254. The number of hydrogen-bond donors (Lipinski definition) is 3. The van der Waals surface area contributed by atoms with E-state index in [1.807, 2.05) is 0 Å². The molecule has 0 unspecified atom stereocenters. The Balaban J connectivity index is 3.67. The van der Waals surface area contributed by atoms with Gasteiger partial charge in [-0.05, 0) is 25.8 Å². The highest BCUT2D eigenvalue weighted by molar-refractivity contribution is 5.73. The van der Waals surface area contributed by atoms with Crippen LogP contribution < -0.4 is 11.1 Å². The van der Waals surface area contributed by atoms with Gasteiger partial charge in [0, 0.05) is 25.0 Å². The summed E-state index contributed by atoms with van der Waals surface area (Å²) in [6.07, 6.45) is 3.12. The predicted octanol–water partition coefficient (Wildman–Crippen LogP) is 0.640. The van der Waals surface area contributed by atoms with Gasteiger partial charge in [0.25, 0.3) is 0 Å². The summed E-state index contributed by atoms with van der Waals surface area (Å²) in [7, 11) is 0. The summed E-state index contributed by atoms with van der Waals surface area (Å²) < 4.78 is 0. The quantitative estimate of drug-likeness (QED) is 0.495. The normalized spacial score (nSPS) is 11.7. The first kappa shape index (κ1) is 14.4. The van der Waals surface area contributed by atoms with Crippen LogP contribution in [0.25, 0.3) is 0 Å². The number of nitrogens with one attached hydrogen (secondary N) is 1. The molecule has 0 saturated heterocycles. The number of carbonyl (C=O) groups is 1. The fourth-order valence-corrected chi connectivity index (χ4v) is 1.52. The molecule has 90 valence electrons. The van der Waals surface area contributed by atoms with Crippen LogP contribution in [0.4, 0.5) is 0 Å². The summed E-state index contributed by atoms with van der Waals surface area (Å²) in [5.74, 6) is -0.254. The summed E-state index contributed by atoms with van der Waals surface area (Å²) >= 11 is 0. The fourth-order valence-electron chi connectivity index (χ4n) is 1.52. The van der Waals surface area contributed by atoms with Gasteiger partial charge in [-0.3, -0.25) is 4.79 Å². The molecule has 0 aliphatic carbocycles. The largest absolute Gasteiger partial charge is 0.396 e. The fraction of sp³-hybridized carbons (Fsp3) is 0.909. The second-order valence-electron chi connectivity index (χ2n) is 4.11. The van der Waals surface area contributed by atoms with E-state index >= 15 is 0 Å². The highest BCUT2D eigenvalue weighted by atomic mass is 16.3. The molecular formula is C11H24N2O2. The Morgan fingerprint density at radius 1 is 1.40 bits per heavy atom. The van der Waals surface area contributed by atoms with Crippen LogP contribution in [0.1, 0.15) is 39.5 Å². The van der Waals surface area contributed by atoms with Crippen molar-refractivity contribution in [2.75, 3.05) is 19.7 Å². The molecule has 4 heteroatoms. The molecule has 1 amide bonds. The maximum atomic E-state index is 10.5. The zero-order valence-electron chi connectivity index (χ0n) is 9.88. The minimum absolute atomic E-state index is 0.00722. The molecule has 0 bridgehead atoms. The third-order valence-electron chi connectivity index (χ3n) is 3.11. The van der Waals surface area contributed by atoms with Crippen LogP contribution in [0.5, 0.6) is 0 Å². The highest BCUT2D eigenvalue weighted by Crippen LogP contribution is 2.24. The molecular weight excluding hydrogens is 192 g/mol. The number of carbonyl (C=O) groups excluding carboxylic acids is 1. The van der Waals surface area contributed by atoms with Gasteiger partial charge >= 0.3 is 0 Å². The van der Waals surface area contributed by atoms with Crippen molar-refractivity contribution < 1.29 is 9.90 Å². The molecule has 0 aliphatic heterocycles. The Bertz CT molecular complexity index is 171. The van der Waals surface area contributed by atoms with E-state index in [0.717, 1.165) is 32.4 Å². The van der Waals surface area contributed by atoms with Gasteiger partial charge in [-0.15, -0.1) is 0 Å². The van der Waals surface area contributed by atoms with Crippen molar-refractivity contribution in [3.05, 3.63) is 0 Å². The van der Waals surface area contributed by atoms with Gasteiger partial charge in [-0.1, -0.05) is 13.8 Å². The molecule has 4 nitrogen and oxygen atoms in total. The molecule has 0 heterocycles. The number of rotatable bonds is 9. The Labute approximate surface area is 92.2 Å². The lowest BCUT2D eigenvalue weighted by Gasteiger charge is -2.29. The summed E-state index contributed by atoms with van der Waals surface area (Å²) in [4.78, 5) is 10.5. The molecule has 0 fully saturated rings. The lowest BCUT2D eigenvalue weighted by atomic mass is 9.83. The van der Waals surface area contributed by atoms with E-state index in [4.69, 9.17) is 5.73 Å². The first-order valence-electron chi connectivity index (χ1n) is 5.70. The van der Waals surface area contributed by atoms with Crippen molar-refractivity contribution in [3.8, 4) is 0 Å². The van der Waals surface area contributed by atoms with Gasteiger partial charge in [0.1, 0.15) is 0 Å². The van der Waals surface area contributed by atoms with Gasteiger partial charge in [0.05, 0.1) is 0 Å². The zero-order valence-corrected chi connectivity index (χ0v) is 9.88. The Morgan fingerprint density at radius 3 is 2.40 bits per heavy atom. The second kappa shape index (κ2) is 7.65. The minimum Gasteiger partial charge on any atom is -0.396 e. The Hall–Kier alpha value is -0.610. The molecule has 0 rings (SSSR count). The first-order chi connectivity index (χ1) is 7.10. The van der Waals surface area contributed by atoms with E-state index in [2.05, 4.69) is 19.2 Å².